The fourth-order valence-corrected chi connectivity index (χ4v) is 3.50. The standard InChI is InChI=1S/C24H18ClFN2O2/c25-18-11-9-17(10-12-18)21-22(27-20-8-4-7-19(26)15-20)24(30)28(23(21)29)14-13-16-5-2-1-3-6-16/h1-12,15,27H,13-14H2. The highest BCUT2D eigenvalue weighted by atomic mass is 35.5. The average molecular weight is 421 g/mol. The molecule has 150 valence electrons. The maximum Gasteiger partial charge on any atom is 0.278 e. The van der Waals surface area contributed by atoms with Crippen LogP contribution in [0.4, 0.5) is 10.1 Å². The lowest BCUT2D eigenvalue weighted by atomic mass is 10.0. The summed E-state index contributed by atoms with van der Waals surface area (Å²) in [4.78, 5) is 27.6. The molecule has 0 unspecified atom stereocenters. The van der Waals surface area contributed by atoms with Gasteiger partial charge in [0.05, 0.1) is 5.57 Å². The van der Waals surface area contributed by atoms with Crippen molar-refractivity contribution >= 4 is 34.7 Å². The number of halogens is 2. The zero-order valence-corrected chi connectivity index (χ0v) is 16.7. The molecule has 0 aromatic heterocycles. The predicted molar refractivity (Wildman–Crippen MR) is 115 cm³/mol. The number of carbonyl (C=O) groups is 2. The number of amides is 2. The number of rotatable bonds is 6. The first-order valence-corrected chi connectivity index (χ1v) is 9.83. The van der Waals surface area contributed by atoms with Crippen molar-refractivity contribution in [1.29, 1.82) is 0 Å². The first-order valence-electron chi connectivity index (χ1n) is 9.46. The van der Waals surface area contributed by atoms with Crippen molar-refractivity contribution in [2.75, 3.05) is 11.9 Å². The summed E-state index contributed by atoms with van der Waals surface area (Å²) < 4.78 is 13.6. The number of nitrogens with one attached hydrogen (secondary N) is 1. The van der Waals surface area contributed by atoms with Crippen LogP contribution in [0.15, 0.2) is 84.6 Å². The molecule has 0 saturated heterocycles. The van der Waals surface area contributed by atoms with Gasteiger partial charge in [-0.1, -0.05) is 60.1 Å². The maximum atomic E-state index is 13.6. The Morgan fingerprint density at radius 1 is 0.867 bits per heavy atom. The van der Waals surface area contributed by atoms with E-state index in [0.717, 1.165) is 5.56 Å². The normalized spacial score (nSPS) is 13.9. The minimum Gasteiger partial charge on any atom is -0.350 e. The molecule has 1 N–H and O–H groups in total. The summed E-state index contributed by atoms with van der Waals surface area (Å²) in [5.41, 5.74) is 2.36. The van der Waals surface area contributed by atoms with Crippen molar-refractivity contribution in [3.8, 4) is 0 Å². The summed E-state index contributed by atoms with van der Waals surface area (Å²) in [6.45, 7) is 0.243. The minimum absolute atomic E-state index is 0.126. The highest BCUT2D eigenvalue weighted by Gasteiger charge is 2.38. The molecule has 4 nitrogen and oxygen atoms in total. The first-order chi connectivity index (χ1) is 14.5. The zero-order chi connectivity index (χ0) is 21.1. The molecule has 3 aromatic carbocycles. The molecule has 3 aromatic rings. The van der Waals surface area contributed by atoms with Crippen molar-refractivity contribution < 1.29 is 14.0 Å². The van der Waals surface area contributed by atoms with Gasteiger partial charge < -0.3 is 5.32 Å². The van der Waals surface area contributed by atoms with E-state index >= 15 is 0 Å². The molecule has 0 spiro atoms. The molecule has 4 rings (SSSR count). The number of nitrogens with zero attached hydrogens (tertiary/aromatic N) is 1. The fourth-order valence-electron chi connectivity index (χ4n) is 3.38. The van der Waals surface area contributed by atoms with E-state index in [1.54, 1.807) is 30.3 Å². The van der Waals surface area contributed by atoms with Gasteiger partial charge in [0.2, 0.25) is 0 Å². The number of anilines is 1. The van der Waals surface area contributed by atoms with E-state index in [9.17, 15) is 14.0 Å². The third-order valence-electron chi connectivity index (χ3n) is 4.86. The third-order valence-corrected chi connectivity index (χ3v) is 5.11. The van der Waals surface area contributed by atoms with Crippen LogP contribution in [0.2, 0.25) is 5.02 Å². The minimum atomic E-state index is -0.440. The highest BCUT2D eigenvalue weighted by molar-refractivity contribution is 6.36. The zero-order valence-electron chi connectivity index (χ0n) is 15.9. The molecule has 1 aliphatic rings. The maximum absolute atomic E-state index is 13.6. The smallest absolute Gasteiger partial charge is 0.278 e. The Morgan fingerprint density at radius 3 is 2.30 bits per heavy atom. The van der Waals surface area contributed by atoms with Gasteiger partial charge in [-0.05, 0) is 47.9 Å². The van der Waals surface area contributed by atoms with Crippen LogP contribution in [-0.4, -0.2) is 23.3 Å². The van der Waals surface area contributed by atoms with Crippen LogP contribution in [0, 0.1) is 5.82 Å². The molecule has 0 radical (unpaired) electrons. The van der Waals surface area contributed by atoms with Crippen LogP contribution < -0.4 is 5.32 Å². The molecular weight excluding hydrogens is 403 g/mol. The monoisotopic (exact) mass is 420 g/mol. The largest absolute Gasteiger partial charge is 0.350 e. The Hall–Kier alpha value is -3.44. The van der Waals surface area contributed by atoms with Gasteiger partial charge in [0.15, 0.2) is 0 Å². The van der Waals surface area contributed by atoms with E-state index < -0.39 is 17.6 Å². The van der Waals surface area contributed by atoms with Gasteiger partial charge in [0.1, 0.15) is 11.5 Å². The molecule has 6 heteroatoms. The molecule has 1 heterocycles. The predicted octanol–water partition coefficient (Wildman–Crippen LogP) is 4.91. The summed E-state index contributed by atoms with van der Waals surface area (Å²) in [6.07, 6.45) is 0.541. The Kier molecular flexibility index (Phi) is 5.63. The number of hydrogen-bond donors (Lipinski definition) is 1. The van der Waals surface area contributed by atoms with E-state index in [2.05, 4.69) is 5.32 Å². The molecular formula is C24H18ClFN2O2. The first kappa shape index (κ1) is 19.9. The Bertz CT molecular complexity index is 1130. The molecule has 0 bridgehead atoms. The highest BCUT2D eigenvalue weighted by Crippen LogP contribution is 2.31. The fraction of sp³-hybridized carbons (Fsp3) is 0.0833. The number of benzene rings is 3. The summed E-state index contributed by atoms with van der Waals surface area (Å²) in [5.74, 6) is -1.27. The van der Waals surface area contributed by atoms with Crippen molar-refractivity contribution in [2.24, 2.45) is 0 Å². The number of hydrogen-bond acceptors (Lipinski definition) is 3. The Labute approximate surface area is 178 Å². The van der Waals surface area contributed by atoms with E-state index in [1.807, 2.05) is 30.3 Å². The molecule has 0 fully saturated rings. The molecule has 30 heavy (non-hydrogen) atoms. The Balaban J connectivity index is 1.67. The van der Waals surface area contributed by atoms with Gasteiger partial charge in [-0.15, -0.1) is 0 Å². The topological polar surface area (TPSA) is 49.4 Å². The quantitative estimate of drug-likeness (QED) is 0.576. The SMILES string of the molecule is O=C1C(Nc2cccc(F)c2)=C(c2ccc(Cl)cc2)C(=O)N1CCc1ccccc1. The van der Waals surface area contributed by atoms with Crippen LogP contribution in [0.3, 0.4) is 0 Å². The van der Waals surface area contributed by atoms with Gasteiger partial charge in [0.25, 0.3) is 11.8 Å². The van der Waals surface area contributed by atoms with E-state index in [-0.39, 0.29) is 17.8 Å². The van der Waals surface area contributed by atoms with Gasteiger partial charge in [-0.25, -0.2) is 4.39 Å². The van der Waals surface area contributed by atoms with E-state index in [1.165, 1.54) is 23.1 Å². The number of imide groups is 1. The van der Waals surface area contributed by atoms with Crippen LogP contribution in [-0.2, 0) is 16.0 Å². The van der Waals surface area contributed by atoms with Crippen molar-refractivity contribution in [3.05, 3.63) is 107 Å². The van der Waals surface area contributed by atoms with Gasteiger partial charge >= 0.3 is 0 Å². The molecule has 2 amide bonds. The van der Waals surface area contributed by atoms with Crippen LogP contribution in [0.1, 0.15) is 11.1 Å². The van der Waals surface area contributed by atoms with Crippen molar-refractivity contribution in [1.82, 2.24) is 4.90 Å². The lowest BCUT2D eigenvalue weighted by Gasteiger charge is -2.15. The van der Waals surface area contributed by atoms with E-state index in [4.69, 9.17) is 11.6 Å². The lowest BCUT2D eigenvalue weighted by Crippen LogP contribution is -2.34. The summed E-state index contributed by atoms with van der Waals surface area (Å²) >= 11 is 5.98. The van der Waals surface area contributed by atoms with Gasteiger partial charge in [0, 0.05) is 17.3 Å². The Morgan fingerprint density at radius 2 is 1.60 bits per heavy atom. The van der Waals surface area contributed by atoms with Crippen LogP contribution in [0.25, 0.3) is 5.57 Å². The third kappa shape index (κ3) is 4.11. The lowest BCUT2D eigenvalue weighted by molar-refractivity contribution is -0.136. The van der Waals surface area contributed by atoms with Crippen molar-refractivity contribution in [2.45, 2.75) is 6.42 Å². The second kappa shape index (κ2) is 8.51. The summed E-state index contributed by atoms with van der Waals surface area (Å²) in [5, 5.41) is 3.47. The molecule has 0 atom stereocenters. The van der Waals surface area contributed by atoms with Crippen molar-refractivity contribution in [3.63, 3.8) is 0 Å². The second-order valence-electron chi connectivity index (χ2n) is 6.89. The van der Waals surface area contributed by atoms with Crippen LogP contribution in [0.5, 0.6) is 0 Å². The second-order valence-corrected chi connectivity index (χ2v) is 7.33. The van der Waals surface area contributed by atoms with Crippen LogP contribution >= 0.6 is 11.6 Å². The average Bonchev–Trinajstić information content (AvgIpc) is 2.97. The molecule has 0 aliphatic carbocycles. The summed E-state index contributed by atoms with van der Waals surface area (Å²) in [7, 11) is 0. The van der Waals surface area contributed by atoms with Gasteiger partial charge in [-0.3, -0.25) is 14.5 Å². The van der Waals surface area contributed by atoms with Gasteiger partial charge in [-0.2, -0.15) is 0 Å². The molecule has 0 saturated carbocycles. The summed E-state index contributed by atoms with van der Waals surface area (Å²) in [6, 6.07) is 22.1. The van der Waals surface area contributed by atoms with E-state index in [0.29, 0.717) is 22.7 Å². The molecule has 1 aliphatic heterocycles. The number of carbonyl (C=O) groups excluding carboxylic acids is 2.